The first kappa shape index (κ1) is 17.8. The quantitative estimate of drug-likeness (QED) is 0.301. The number of hydrogen-bond acceptors (Lipinski definition) is 4. The van der Waals surface area contributed by atoms with Crippen LogP contribution in [0.5, 0.6) is 0 Å². The summed E-state index contributed by atoms with van der Waals surface area (Å²) in [5.74, 6) is 0.137. The van der Waals surface area contributed by atoms with Crippen LogP contribution in [0.2, 0.25) is 0 Å². The molecule has 0 spiro atoms. The number of ether oxygens (including phenoxy) is 1. The van der Waals surface area contributed by atoms with E-state index in [0.717, 1.165) is 5.57 Å². The molecule has 0 radical (unpaired) electrons. The monoisotopic (exact) mass is 411 g/mol. The topological polar surface area (TPSA) is 35.5 Å². The van der Waals surface area contributed by atoms with Crippen LogP contribution in [0.1, 0.15) is 27.2 Å². The average molecular weight is 411 g/mol. The summed E-state index contributed by atoms with van der Waals surface area (Å²) >= 11 is 6.94. The van der Waals surface area contributed by atoms with Crippen molar-refractivity contribution in [2.45, 2.75) is 39.4 Å². The zero-order chi connectivity index (χ0) is 14.4. The van der Waals surface area contributed by atoms with Crippen LogP contribution >= 0.6 is 29.4 Å². The fraction of sp³-hybridized carbons (Fsp3) is 0.750. The van der Waals surface area contributed by atoms with Crippen molar-refractivity contribution < 1.29 is 14.2 Å². The van der Waals surface area contributed by atoms with Crippen molar-refractivity contribution in [2.75, 3.05) is 6.61 Å². The van der Waals surface area contributed by atoms with Crippen LogP contribution in [0.15, 0.2) is 9.66 Å². The Hall–Kier alpha value is 0.775. The predicted molar refractivity (Wildman–Crippen MR) is 90.4 cm³/mol. The number of halogens is 1. The van der Waals surface area contributed by atoms with E-state index in [1.807, 2.05) is 24.9 Å². The van der Waals surface area contributed by atoms with Gasteiger partial charge in [0.15, 0.2) is 0 Å². The molecule has 0 aromatic carbocycles. The molecule has 0 amide bonds. The molecule has 0 aliphatic carbocycles. The standard InChI is InChI=1S/C12H18BIO3PS/c1-7(6-14)12-9(3)11(15)8(2)10(17-12)4-5-16-13-18-19/h6,8-10,12H,4-5H2,1-3H3/q+1/b7-6+/t8-,9+,10+,12-/m0/s1. The molecule has 0 unspecified atom stereocenters. The van der Waals surface area contributed by atoms with Gasteiger partial charge in [-0.3, -0.25) is 0 Å². The summed E-state index contributed by atoms with van der Waals surface area (Å²) < 4.78 is 13.4. The van der Waals surface area contributed by atoms with Crippen LogP contribution in [-0.4, -0.2) is 31.4 Å². The van der Waals surface area contributed by atoms with E-state index in [4.69, 9.17) is 21.2 Å². The molecule has 1 saturated heterocycles. The Bertz CT molecular complexity index is 412. The van der Waals surface area contributed by atoms with Crippen LogP contribution in [-0.2, 0) is 26.0 Å². The van der Waals surface area contributed by atoms with Gasteiger partial charge in [-0.05, 0) is 0 Å². The fourth-order valence-electron chi connectivity index (χ4n) is 2.32. The average Bonchev–Trinajstić information content (AvgIpc) is 2.42. The molecule has 1 heterocycles. The first-order valence-corrected chi connectivity index (χ1v) is 9.47. The molecule has 104 valence electrons. The fourth-order valence-corrected chi connectivity index (χ4v) is 3.02. The predicted octanol–water partition coefficient (Wildman–Crippen LogP) is 3.28. The Balaban J connectivity index is 2.70. The van der Waals surface area contributed by atoms with Crippen molar-refractivity contribution >= 4 is 53.8 Å². The molecular weight excluding hydrogens is 393 g/mol. The van der Waals surface area contributed by atoms with Gasteiger partial charge in [0, 0.05) is 0 Å². The van der Waals surface area contributed by atoms with Crippen LogP contribution in [0.4, 0.5) is 0 Å². The minimum atomic E-state index is -0.105. The molecule has 1 rings (SSSR count). The van der Waals surface area contributed by atoms with Crippen molar-refractivity contribution in [3.05, 3.63) is 9.66 Å². The van der Waals surface area contributed by atoms with E-state index in [2.05, 4.69) is 22.6 Å². The van der Waals surface area contributed by atoms with Gasteiger partial charge in [-0.25, -0.2) is 0 Å². The van der Waals surface area contributed by atoms with Gasteiger partial charge in [-0.1, -0.05) is 0 Å². The molecule has 1 aliphatic heterocycles. The molecule has 0 N–H and O–H groups in total. The number of Topliss-reactive ketones (excluding diaryl/α,β-unsaturated/α-hetero) is 1. The molecule has 4 atom stereocenters. The molecule has 1 aliphatic rings. The van der Waals surface area contributed by atoms with Crippen molar-refractivity contribution in [3.63, 3.8) is 0 Å². The Morgan fingerprint density at radius 2 is 2.26 bits per heavy atom. The number of ketones is 1. The molecule has 0 aromatic heterocycles. The van der Waals surface area contributed by atoms with Gasteiger partial charge >= 0.3 is 136 Å². The van der Waals surface area contributed by atoms with E-state index in [1.165, 1.54) is 0 Å². The van der Waals surface area contributed by atoms with Crippen molar-refractivity contribution in [1.29, 1.82) is 0 Å². The van der Waals surface area contributed by atoms with Crippen LogP contribution in [0.25, 0.3) is 0 Å². The van der Waals surface area contributed by atoms with Gasteiger partial charge in [-0.2, -0.15) is 0 Å². The number of carbonyl (C=O) groups excluding carboxylic acids is 1. The van der Waals surface area contributed by atoms with E-state index in [1.54, 1.807) is 6.82 Å². The Morgan fingerprint density at radius 3 is 2.84 bits per heavy atom. The van der Waals surface area contributed by atoms with Gasteiger partial charge in [-0.15, -0.1) is 0 Å². The third-order valence-corrected chi connectivity index (χ3v) is 4.97. The van der Waals surface area contributed by atoms with Gasteiger partial charge in [0.25, 0.3) is 0 Å². The minimum absolute atomic E-state index is 0.0714. The third kappa shape index (κ3) is 4.92. The summed E-state index contributed by atoms with van der Waals surface area (Å²) in [6.07, 6.45) is 0.535. The van der Waals surface area contributed by atoms with Gasteiger partial charge < -0.3 is 0 Å². The number of carbonyl (C=O) groups is 1. The van der Waals surface area contributed by atoms with Gasteiger partial charge in [0.1, 0.15) is 0 Å². The first-order chi connectivity index (χ1) is 9.02. The second-order valence-electron chi connectivity index (χ2n) is 4.80. The molecule has 1 fully saturated rings. The van der Waals surface area contributed by atoms with E-state index in [9.17, 15) is 4.79 Å². The van der Waals surface area contributed by atoms with Gasteiger partial charge in [0.2, 0.25) is 0 Å². The zero-order valence-corrected chi connectivity index (χ0v) is 15.2. The second-order valence-corrected chi connectivity index (χ2v) is 6.48. The maximum absolute atomic E-state index is 12.3. The Morgan fingerprint density at radius 1 is 1.58 bits per heavy atom. The van der Waals surface area contributed by atoms with Crippen LogP contribution < -0.4 is 0 Å². The normalized spacial score (nSPS) is 32.0. The molecule has 3 nitrogen and oxygen atoms in total. The molecular formula is C12H18BIO3PS+. The van der Waals surface area contributed by atoms with E-state index in [-0.39, 0.29) is 29.8 Å². The van der Waals surface area contributed by atoms with Crippen LogP contribution in [0.3, 0.4) is 0 Å². The Kier molecular flexibility index (Phi) is 8.38. The van der Waals surface area contributed by atoms with Crippen LogP contribution in [0, 0.1) is 11.8 Å². The van der Waals surface area contributed by atoms with E-state index in [0.29, 0.717) is 19.9 Å². The summed E-state index contributed by atoms with van der Waals surface area (Å²) in [5, 5.41) is 0. The first-order valence-electron chi connectivity index (χ1n) is 6.24. The van der Waals surface area contributed by atoms with E-state index >= 15 is 0 Å². The number of rotatable bonds is 5. The van der Waals surface area contributed by atoms with Gasteiger partial charge in [0.05, 0.1) is 0 Å². The molecule has 19 heavy (non-hydrogen) atoms. The molecule has 0 saturated carbocycles. The Labute approximate surface area is 135 Å². The summed E-state index contributed by atoms with van der Waals surface area (Å²) in [6.45, 7) is 8.72. The number of hydrogen-bond donors (Lipinski definition) is 0. The van der Waals surface area contributed by atoms with E-state index < -0.39 is 0 Å². The summed E-state index contributed by atoms with van der Waals surface area (Å²) in [7, 11) is 0. The third-order valence-electron chi connectivity index (χ3n) is 3.49. The summed E-state index contributed by atoms with van der Waals surface area (Å²) in [5.41, 5.74) is 1.11. The molecule has 0 aromatic rings. The van der Waals surface area contributed by atoms with Crippen molar-refractivity contribution in [1.82, 2.24) is 0 Å². The summed E-state index contributed by atoms with van der Waals surface area (Å²) in [4.78, 5) is 12.3. The summed E-state index contributed by atoms with van der Waals surface area (Å²) in [6, 6.07) is 0. The molecule has 7 heteroatoms. The second kappa shape index (κ2) is 8.93. The molecule has 0 bridgehead atoms. The van der Waals surface area contributed by atoms with Crippen molar-refractivity contribution in [3.8, 4) is 0 Å². The maximum atomic E-state index is 12.3. The SMILES string of the molecule is C/C(=C\I)[C@@H]1O[C@H](CCOB=[P+]=S)[C@H](C)C(=O)[C@H]1C. The van der Waals surface area contributed by atoms with Crippen molar-refractivity contribution in [2.24, 2.45) is 11.8 Å². The zero-order valence-electron chi connectivity index (χ0n) is 11.3.